The molecule has 1 unspecified atom stereocenters. The number of aromatic nitrogens is 2. The van der Waals surface area contributed by atoms with Gasteiger partial charge in [0.05, 0.1) is 16.4 Å². The average Bonchev–Trinajstić information content (AvgIpc) is 3.13. The van der Waals surface area contributed by atoms with E-state index in [0.29, 0.717) is 27.7 Å². The third kappa shape index (κ3) is 4.20. The quantitative estimate of drug-likeness (QED) is 0.612. The molecule has 26 heavy (non-hydrogen) atoms. The number of amides is 1. The standard InChI is InChI=1S/C19H19ClN4OS/c1-3-16-18(26-24-23-16)19(25)22-14-9-10-17(15(20)11-14)21-12(2)13-7-5-4-6-8-13/h4-12,21H,3H2,1-2H3,(H,22,25). The molecule has 0 fully saturated rings. The van der Waals surface area contributed by atoms with Crippen LogP contribution in [-0.2, 0) is 6.42 Å². The van der Waals surface area contributed by atoms with Gasteiger partial charge in [-0.15, -0.1) is 5.10 Å². The van der Waals surface area contributed by atoms with Crippen LogP contribution < -0.4 is 10.6 Å². The topological polar surface area (TPSA) is 66.9 Å². The summed E-state index contributed by atoms with van der Waals surface area (Å²) in [4.78, 5) is 12.9. The third-order valence-electron chi connectivity index (χ3n) is 4.00. The van der Waals surface area contributed by atoms with E-state index in [4.69, 9.17) is 11.6 Å². The van der Waals surface area contributed by atoms with E-state index in [0.717, 1.165) is 17.2 Å². The van der Waals surface area contributed by atoms with Crippen LogP contribution in [0.1, 0.15) is 40.8 Å². The average molecular weight is 387 g/mol. The first-order valence-electron chi connectivity index (χ1n) is 8.32. The Morgan fingerprint density at radius 3 is 2.69 bits per heavy atom. The van der Waals surface area contributed by atoms with E-state index in [1.165, 1.54) is 5.56 Å². The van der Waals surface area contributed by atoms with Crippen molar-refractivity contribution >= 4 is 40.4 Å². The first-order chi connectivity index (χ1) is 12.6. The molecule has 3 rings (SSSR count). The molecule has 0 aliphatic heterocycles. The molecule has 0 aliphatic rings. The number of hydrogen-bond donors (Lipinski definition) is 2. The van der Waals surface area contributed by atoms with E-state index in [9.17, 15) is 4.79 Å². The number of hydrogen-bond acceptors (Lipinski definition) is 5. The van der Waals surface area contributed by atoms with E-state index in [-0.39, 0.29) is 11.9 Å². The van der Waals surface area contributed by atoms with Gasteiger partial charge in [0.1, 0.15) is 4.88 Å². The number of aryl methyl sites for hydroxylation is 1. The molecule has 7 heteroatoms. The second-order valence-electron chi connectivity index (χ2n) is 5.83. The van der Waals surface area contributed by atoms with Gasteiger partial charge in [0.25, 0.3) is 5.91 Å². The SMILES string of the molecule is CCc1nnsc1C(=O)Nc1ccc(NC(C)c2ccccc2)c(Cl)c1. The normalized spacial score (nSPS) is 11.8. The van der Waals surface area contributed by atoms with Gasteiger partial charge in [-0.3, -0.25) is 4.79 Å². The molecule has 1 amide bonds. The molecule has 5 nitrogen and oxygen atoms in total. The molecule has 1 heterocycles. The molecule has 0 saturated heterocycles. The minimum Gasteiger partial charge on any atom is -0.377 e. The molecule has 134 valence electrons. The fourth-order valence-electron chi connectivity index (χ4n) is 2.57. The number of benzene rings is 2. The maximum Gasteiger partial charge on any atom is 0.269 e. The minimum absolute atomic E-state index is 0.115. The van der Waals surface area contributed by atoms with Gasteiger partial charge in [0.2, 0.25) is 0 Å². The summed E-state index contributed by atoms with van der Waals surface area (Å²) >= 11 is 7.49. The lowest BCUT2D eigenvalue weighted by Crippen LogP contribution is -2.12. The minimum atomic E-state index is -0.216. The second kappa shape index (κ2) is 8.29. The summed E-state index contributed by atoms with van der Waals surface area (Å²) in [5.74, 6) is -0.216. The monoisotopic (exact) mass is 386 g/mol. The Morgan fingerprint density at radius 1 is 1.23 bits per heavy atom. The van der Waals surface area contributed by atoms with Crippen molar-refractivity contribution in [3.05, 3.63) is 69.7 Å². The Morgan fingerprint density at radius 2 is 2.00 bits per heavy atom. The Labute approximate surface area is 161 Å². The van der Waals surface area contributed by atoms with E-state index >= 15 is 0 Å². The zero-order chi connectivity index (χ0) is 18.5. The molecule has 0 bridgehead atoms. The van der Waals surface area contributed by atoms with Gasteiger partial charge in [-0.1, -0.05) is 53.3 Å². The van der Waals surface area contributed by atoms with E-state index in [2.05, 4.69) is 39.3 Å². The number of carbonyl (C=O) groups is 1. The molecule has 2 aromatic carbocycles. The lowest BCUT2D eigenvalue weighted by atomic mass is 10.1. The third-order valence-corrected chi connectivity index (χ3v) is 5.08. The van der Waals surface area contributed by atoms with Crippen LogP contribution in [0, 0.1) is 0 Å². The fourth-order valence-corrected chi connectivity index (χ4v) is 3.45. The molecule has 0 radical (unpaired) electrons. The Kier molecular flexibility index (Phi) is 5.85. The number of carbonyl (C=O) groups excluding carboxylic acids is 1. The van der Waals surface area contributed by atoms with Gasteiger partial charge in [-0.2, -0.15) is 0 Å². The predicted octanol–water partition coefficient (Wildman–Crippen LogP) is 5.18. The largest absolute Gasteiger partial charge is 0.377 e. The van der Waals surface area contributed by atoms with Crippen LogP contribution in [0.5, 0.6) is 0 Å². The number of nitrogens with one attached hydrogen (secondary N) is 2. The maximum atomic E-state index is 12.4. The first-order valence-corrected chi connectivity index (χ1v) is 9.47. The Hall–Kier alpha value is -2.44. The highest BCUT2D eigenvalue weighted by molar-refractivity contribution is 7.08. The highest BCUT2D eigenvalue weighted by atomic mass is 35.5. The number of anilines is 2. The van der Waals surface area contributed by atoms with Crippen LogP contribution in [0.15, 0.2) is 48.5 Å². The summed E-state index contributed by atoms with van der Waals surface area (Å²) in [6, 6.07) is 15.7. The molecule has 3 aromatic rings. The number of nitrogens with zero attached hydrogens (tertiary/aromatic N) is 2. The van der Waals surface area contributed by atoms with Crippen LogP contribution in [-0.4, -0.2) is 15.5 Å². The molecule has 0 saturated carbocycles. The van der Waals surface area contributed by atoms with Crippen LogP contribution >= 0.6 is 23.1 Å². The summed E-state index contributed by atoms with van der Waals surface area (Å²) in [7, 11) is 0. The smallest absolute Gasteiger partial charge is 0.269 e. The lowest BCUT2D eigenvalue weighted by molar-refractivity contribution is 0.102. The van der Waals surface area contributed by atoms with E-state index < -0.39 is 0 Å². The van der Waals surface area contributed by atoms with Crippen molar-refractivity contribution in [3.8, 4) is 0 Å². The fraction of sp³-hybridized carbons (Fsp3) is 0.211. The van der Waals surface area contributed by atoms with Gasteiger partial charge in [-0.05, 0) is 48.6 Å². The predicted molar refractivity (Wildman–Crippen MR) is 107 cm³/mol. The van der Waals surface area contributed by atoms with Crippen molar-refractivity contribution in [2.45, 2.75) is 26.3 Å². The number of halogens is 1. The maximum absolute atomic E-state index is 12.4. The lowest BCUT2D eigenvalue weighted by Gasteiger charge is -2.17. The molecule has 1 atom stereocenters. The van der Waals surface area contributed by atoms with E-state index in [1.54, 1.807) is 6.07 Å². The molecular weight excluding hydrogens is 368 g/mol. The number of rotatable bonds is 6. The van der Waals surface area contributed by atoms with Crippen molar-refractivity contribution in [2.24, 2.45) is 0 Å². The van der Waals surface area contributed by atoms with Gasteiger partial charge < -0.3 is 10.6 Å². The van der Waals surface area contributed by atoms with Crippen LogP contribution in [0.2, 0.25) is 5.02 Å². The summed E-state index contributed by atoms with van der Waals surface area (Å²) < 4.78 is 3.84. The van der Waals surface area contributed by atoms with Crippen molar-refractivity contribution in [3.63, 3.8) is 0 Å². The van der Waals surface area contributed by atoms with Crippen molar-refractivity contribution in [2.75, 3.05) is 10.6 Å². The summed E-state index contributed by atoms with van der Waals surface area (Å²) in [6.45, 7) is 4.02. The van der Waals surface area contributed by atoms with Crippen molar-refractivity contribution < 1.29 is 4.79 Å². The summed E-state index contributed by atoms with van der Waals surface area (Å²) in [6.07, 6.45) is 0.667. The molecule has 2 N–H and O–H groups in total. The van der Waals surface area contributed by atoms with Crippen LogP contribution in [0.4, 0.5) is 11.4 Å². The molecule has 0 aliphatic carbocycles. The summed E-state index contributed by atoms with van der Waals surface area (Å²) in [5.41, 5.74) is 3.32. The zero-order valence-electron chi connectivity index (χ0n) is 14.5. The van der Waals surface area contributed by atoms with Gasteiger partial charge in [0.15, 0.2) is 0 Å². The van der Waals surface area contributed by atoms with E-state index in [1.807, 2.05) is 37.3 Å². The van der Waals surface area contributed by atoms with Crippen LogP contribution in [0.3, 0.4) is 0 Å². The second-order valence-corrected chi connectivity index (χ2v) is 6.99. The van der Waals surface area contributed by atoms with Crippen molar-refractivity contribution in [1.82, 2.24) is 9.59 Å². The summed E-state index contributed by atoms with van der Waals surface area (Å²) in [5, 5.41) is 10.7. The van der Waals surface area contributed by atoms with Gasteiger partial charge in [0, 0.05) is 11.7 Å². The zero-order valence-corrected chi connectivity index (χ0v) is 16.1. The molecule has 1 aromatic heterocycles. The highest BCUT2D eigenvalue weighted by Gasteiger charge is 2.16. The molecular formula is C19H19ClN4OS. The Bertz CT molecular complexity index is 898. The Balaban J connectivity index is 1.70. The van der Waals surface area contributed by atoms with Crippen LogP contribution in [0.25, 0.3) is 0 Å². The van der Waals surface area contributed by atoms with Crippen molar-refractivity contribution in [1.29, 1.82) is 0 Å². The molecule has 0 spiro atoms. The van der Waals surface area contributed by atoms with Gasteiger partial charge >= 0.3 is 0 Å². The highest BCUT2D eigenvalue weighted by Crippen LogP contribution is 2.29. The first kappa shape index (κ1) is 18.4. The van der Waals surface area contributed by atoms with Gasteiger partial charge in [-0.25, -0.2) is 0 Å².